The summed E-state index contributed by atoms with van der Waals surface area (Å²) in [5.41, 5.74) is 2.88. The highest BCUT2D eigenvalue weighted by molar-refractivity contribution is 5.78. The first-order valence-electron chi connectivity index (χ1n) is 9.24. The number of nitro groups is 1. The van der Waals surface area contributed by atoms with Crippen LogP contribution in [0.4, 0.5) is 5.69 Å². The minimum atomic E-state index is -0.444. The van der Waals surface area contributed by atoms with Crippen molar-refractivity contribution in [2.24, 2.45) is 0 Å². The summed E-state index contributed by atoms with van der Waals surface area (Å²) in [5, 5.41) is 11.0. The third kappa shape index (κ3) is 4.99. The van der Waals surface area contributed by atoms with E-state index in [2.05, 4.69) is 0 Å². The zero-order valence-electron chi connectivity index (χ0n) is 16.3. The Balaban J connectivity index is 1.60. The largest absolute Gasteiger partial charge is 0.484 e. The molecule has 0 unspecified atom stereocenters. The van der Waals surface area contributed by atoms with Gasteiger partial charge in [-0.25, -0.2) is 0 Å². The van der Waals surface area contributed by atoms with Crippen LogP contribution >= 0.6 is 0 Å². The van der Waals surface area contributed by atoms with Crippen molar-refractivity contribution in [2.45, 2.75) is 13.0 Å². The van der Waals surface area contributed by atoms with E-state index in [1.165, 1.54) is 17.0 Å². The van der Waals surface area contributed by atoms with Gasteiger partial charge in [-0.3, -0.25) is 14.9 Å². The molecule has 0 spiro atoms. The second-order valence-electron chi connectivity index (χ2n) is 6.71. The number of carbonyl (C=O) groups is 1. The summed E-state index contributed by atoms with van der Waals surface area (Å²) < 4.78 is 5.63. The molecule has 0 aliphatic heterocycles. The zero-order chi connectivity index (χ0) is 20.8. The van der Waals surface area contributed by atoms with E-state index in [4.69, 9.17) is 4.74 Å². The lowest BCUT2D eigenvalue weighted by atomic mass is 10.1. The molecule has 0 aliphatic rings. The van der Waals surface area contributed by atoms with Crippen LogP contribution in [0.15, 0.2) is 78.9 Å². The smallest absolute Gasteiger partial charge is 0.269 e. The fraction of sp³-hybridized carbons (Fsp3) is 0.174. The Morgan fingerprint density at radius 3 is 2.31 bits per heavy atom. The van der Waals surface area contributed by atoms with Crippen molar-refractivity contribution in [3.63, 3.8) is 0 Å². The highest BCUT2D eigenvalue weighted by atomic mass is 16.6. The Morgan fingerprint density at radius 2 is 1.66 bits per heavy atom. The molecule has 148 valence electrons. The van der Waals surface area contributed by atoms with Crippen LogP contribution in [-0.4, -0.2) is 29.4 Å². The molecule has 1 amide bonds. The normalized spacial score (nSPS) is 11.5. The van der Waals surface area contributed by atoms with Crippen LogP contribution in [0.5, 0.6) is 5.75 Å². The van der Waals surface area contributed by atoms with Crippen molar-refractivity contribution in [1.29, 1.82) is 0 Å². The topological polar surface area (TPSA) is 72.7 Å². The predicted octanol–water partition coefficient (Wildman–Crippen LogP) is 4.86. The average Bonchev–Trinajstić information content (AvgIpc) is 2.77. The summed E-state index contributed by atoms with van der Waals surface area (Å²) >= 11 is 0. The molecule has 3 aromatic carbocycles. The summed E-state index contributed by atoms with van der Waals surface area (Å²) in [6, 6.07) is 23.6. The van der Waals surface area contributed by atoms with Gasteiger partial charge in [-0.05, 0) is 35.7 Å². The van der Waals surface area contributed by atoms with Crippen molar-refractivity contribution in [1.82, 2.24) is 4.90 Å². The average molecular weight is 390 g/mol. The van der Waals surface area contributed by atoms with Crippen LogP contribution in [0, 0.1) is 10.1 Å². The summed E-state index contributed by atoms with van der Waals surface area (Å²) in [7, 11) is 1.66. The Hall–Kier alpha value is -3.67. The highest BCUT2D eigenvalue weighted by Gasteiger charge is 2.19. The SMILES string of the molecule is C[C@H](c1cccc([N+](=O)[O-])c1)N(C)C(=O)COc1ccc(-c2ccccc2)cc1. The summed E-state index contributed by atoms with van der Waals surface area (Å²) in [5.74, 6) is 0.394. The van der Waals surface area contributed by atoms with E-state index in [0.29, 0.717) is 11.3 Å². The molecular formula is C23H22N2O4. The Bertz CT molecular complexity index is 987. The standard InChI is InChI=1S/C23H22N2O4/c1-17(20-9-6-10-21(15-20)25(27)28)24(2)23(26)16-29-22-13-11-19(12-14-22)18-7-4-3-5-8-18/h3-15,17H,16H2,1-2H3/t17-/m1/s1. The molecule has 6 nitrogen and oxygen atoms in total. The molecule has 0 N–H and O–H groups in total. The number of carbonyl (C=O) groups excluding carboxylic acids is 1. The molecule has 0 bridgehead atoms. The van der Waals surface area contributed by atoms with Gasteiger partial charge in [-0.2, -0.15) is 0 Å². The lowest BCUT2D eigenvalue weighted by molar-refractivity contribution is -0.384. The Morgan fingerprint density at radius 1 is 1.00 bits per heavy atom. The molecule has 0 aliphatic carbocycles. The van der Waals surface area contributed by atoms with Gasteiger partial charge in [0.05, 0.1) is 11.0 Å². The molecule has 0 aromatic heterocycles. The lowest BCUT2D eigenvalue weighted by Gasteiger charge is -2.25. The number of rotatable bonds is 7. The summed E-state index contributed by atoms with van der Waals surface area (Å²) in [6.07, 6.45) is 0. The van der Waals surface area contributed by atoms with Crippen LogP contribution in [0.3, 0.4) is 0 Å². The Labute approximate surface area is 169 Å². The number of non-ortho nitro benzene ring substituents is 1. The molecule has 0 saturated carbocycles. The van der Waals surface area contributed by atoms with Gasteiger partial charge < -0.3 is 9.64 Å². The van der Waals surface area contributed by atoms with Gasteiger partial charge in [0.15, 0.2) is 6.61 Å². The number of hydrogen-bond donors (Lipinski definition) is 0. The van der Waals surface area contributed by atoms with E-state index in [1.807, 2.05) is 61.5 Å². The minimum absolute atomic E-state index is 0.00459. The van der Waals surface area contributed by atoms with Gasteiger partial charge in [0.2, 0.25) is 0 Å². The zero-order valence-corrected chi connectivity index (χ0v) is 16.3. The van der Waals surface area contributed by atoms with Crippen LogP contribution in [0.25, 0.3) is 11.1 Å². The number of ether oxygens (including phenoxy) is 1. The van der Waals surface area contributed by atoms with Crippen molar-refractivity contribution in [3.05, 3.63) is 94.5 Å². The summed E-state index contributed by atoms with van der Waals surface area (Å²) in [4.78, 5) is 24.5. The van der Waals surface area contributed by atoms with Gasteiger partial charge in [0, 0.05) is 19.2 Å². The third-order valence-corrected chi connectivity index (χ3v) is 4.86. The van der Waals surface area contributed by atoms with Crippen molar-refractivity contribution in [2.75, 3.05) is 13.7 Å². The number of benzene rings is 3. The van der Waals surface area contributed by atoms with Gasteiger partial charge >= 0.3 is 0 Å². The first-order valence-corrected chi connectivity index (χ1v) is 9.24. The van der Waals surface area contributed by atoms with Gasteiger partial charge in [-0.15, -0.1) is 0 Å². The summed E-state index contributed by atoms with van der Waals surface area (Å²) in [6.45, 7) is 1.71. The van der Waals surface area contributed by atoms with Crippen LogP contribution in [0.2, 0.25) is 0 Å². The van der Waals surface area contributed by atoms with E-state index in [-0.39, 0.29) is 24.2 Å². The second-order valence-corrected chi connectivity index (χ2v) is 6.71. The Kier molecular flexibility index (Phi) is 6.24. The molecule has 1 atom stereocenters. The third-order valence-electron chi connectivity index (χ3n) is 4.86. The molecule has 29 heavy (non-hydrogen) atoms. The van der Waals surface area contributed by atoms with E-state index in [9.17, 15) is 14.9 Å². The van der Waals surface area contributed by atoms with Gasteiger partial charge in [0.1, 0.15) is 5.75 Å². The minimum Gasteiger partial charge on any atom is -0.484 e. The first kappa shape index (κ1) is 20.1. The molecule has 0 saturated heterocycles. The van der Waals surface area contributed by atoms with Crippen molar-refractivity contribution in [3.8, 4) is 16.9 Å². The van der Waals surface area contributed by atoms with E-state index in [0.717, 1.165) is 11.1 Å². The monoisotopic (exact) mass is 390 g/mol. The van der Waals surface area contributed by atoms with Crippen LogP contribution in [0.1, 0.15) is 18.5 Å². The van der Waals surface area contributed by atoms with E-state index >= 15 is 0 Å². The molecule has 3 rings (SSSR count). The lowest BCUT2D eigenvalue weighted by Crippen LogP contribution is -2.33. The fourth-order valence-electron chi connectivity index (χ4n) is 2.96. The maximum atomic E-state index is 12.5. The van der Waals surface area contributed by atoms with Gasteiger partial charge in [0.25, 0.3) is 11.6 Å². The number of nitro benzene ring substituents is 1. The van der Waals surface area contributed by atoms with Crippen LogP contribution in [-0.2, 0) is 4.79 Å². The van der Waals surface area contributed by atoms with E-state index in [1.54, 1.807) is 19.2 Å². The molecule has 3 aromatic rings. The predicted molar refractivity (Wildman–Crippen MR) is 112 cm³/mol. The molecule has 0 fully saturated rings. The van der Waals surface area contributed by atoms with Crippen molar-refractivity contribution >= 4 is 11.6 Å². The number of likely N-dealkylation sites (N-methyl/N-ethyl adjacent to an activating group) is 1. The van der Waals surface area contributed by atoms with Crippen molar-refractivity contribution < 1.29 is 14.5 Å². The second kappa shape index (κ2) is 9.01. The van der Waals surface area contributed by atoms with Crippen LogP contribution < -0.4 is 4.74 Å². The first-order chi connectivity index (χ1) is 14.0. The molecular weight excluding hydrogens is 368 g/mol. The quantitative estimate of drug-likeness (QED) is 0.427. The molecule has 0 heterocycles. The molecule has 6 heteroatoms. The maximum absolute atomic E-state index is 12.5. The number of nitrogens with zero attached hydrogens (tertiary/aromatic N) is 2. The highest BCUT2D eigenvalue weighted by Crippen LogP contribution is 2.24. The van der Waals surface area contributed by atoms with Gasteiger partial charge in [-0.1, -0.05) is 54.6 Å². The molecule has 0 radical (unpaired) electrons. The number of hydrogen-bond acceptors (Lipinski definition) is 4. The van der Waals surface area contributed by atoms with E-state index < -0.39 is 4.92 Å². The number of amides is 1. The maximum Gasteiger partial charge on any atom is 0.269 e. The fourth-order valence-corrected chi connectivity index (χ4v) is 2.96.